The zero-order chi connectivity index (χ0) is 13.0. The molecule has 2 heteroatoms. The molecule has 0 saturated carbocycles. The van der Waals surface area contributed by atoms with E-state index in [1.807, 2.05) is 7.05 Å². The van der Waals surface area contributed by atoms with E-state index in [1.54, 1.807) is 7.11 Å². The quantitative estimate of drug-likeness (QED) is 0.847. The van der Waals surface area contributed by atoms with Crippen molar-refractivity contribution in [3.63, 3.8) is 0 Å². The van der Waals surface area contributed by atoms with Crippen LogP contribution in [0.3, 0.4) is 0 Å². The van der Waals surface area contributed by atoms with E-state index in [-0.39, 0.29) is 6.10 Å². The Bertz CT molecular complexity index is 350. The minimum Gasteiger partial charge on any atom is -0.380 e. The fraction of sp³-hybridized carbons (Fsp3) is 0.600. The van der Waals surface area contributed by atoms with Gasteiger partial charge in [0.15, 0.2) is 0 Å². The van der Waals surface area contributed by atoms with E-state index in [0.29, 0.717) is 6.04 Å². The number of benzene rings is 1. The maximum absolute atomic E-state index is 5.42. The summed E-state index contributed by atoms with van der Waals surface area (Å²) in [5.74, 6) is 0. The van der Waals surface area contributed by atoms with Gasteiger partial charge in [0.25, 0.3) is 0 Å². The number of hydrogen-bond acceptors (Lipinski definition) is 2. The molecule has 0 aliphatic carbocycles. The molecule has 0 aromatic heterocycles. The largest absolute Gasteiger partial charge is 0.380 e. The molecular formula is C15H25NO. The Morgan fingerprint density at radius 1 is 1.18 bits per heavy atom. The topological polar surface area (TPSA) is 21.3 Å². The van der Waals surface area contributed by atoms with Gasteiger partial charge in [-0.25, -0.2) is 0 Å². The van der Waals surface area contributed by atoms with Crippen LogP contribution in [0.1, 0.15) is 29.2 Å². The Morgan fingerprint density at radius 3 is 2.12 bits per heavy atom. The van der Waals surface area contributed by atoms with Gasteiger partial charge in [0.1, 0.15) is 0 Å². The molecule has 2 nitrogen and oxygen atoms in total. The smallest absolute Gasteiger partial charge is 0.0699 e. The normalized spacial score (nSPS) is 14.7. The van der Waals surface area contributed by atoms with Gasteiger partial charge in [0, 0.05) is 13.2 Å². The molecule has 96 valence electrons. The number of methoxy groups -OCH3 is 1. The monoisotopic (exact) mass is 235 g/mol. The third kappa shape index (κ3) is 3.55. The number of aryl methyl sites for hydroxylation is 3. The van der Waals surface area contributed by atoms with Crippen molar-refractivity contribution in [1.82, 2.24) is 5.32 Å². The molecule has 0 radical (unpaired) electrons. The lowest BCUT2D eigenvalue weighted by molar-refractivity contribution is 0.0856. The van der Waals surface area contributed by atoms with Crippen molar-refractivity contribution in [2.24, 2.45) is 0 Å². The first kappa shape index (κ1) is 14.2. The third-order valence-corrected chi connectivity index (χ3v) is 3.57. The Labute approximate surface area is 105 Å². The highest BCUT2D eigenvalue weighted by atomic mass is 16.5. The summed E-state index contributed by atoms with van der Waals surface area (Å²) in [6.45, 7) is 8.65. The van der Waals surface area contributed by atoms with Gasteiger partial charge in [-0.2, -0.15) is 0 Å². The lowest BCUT2D eigenvalue weighted by atomic mass is 9.93. The summed E-state index contributed by atoms with van der Waals surface area (Å²) >= 11 is 0. The van der Waals surface area contributed by atoms with Gasteiger partial charge in [-0.3, -0.25) is 0 Å². The lowest BCUT2D eigenvalue weighted by Crippen LogP contribution is -2.39. The minimum absolute atomic E-state index is 0.222. The van der Waals surface area contributed by atoms with Crippen molar-refractivity contribution in [2.75, 3.05) is 14.2 Å². The summed E-state index contributed by atoms with van der Waals surface area (Å²) in [7, 11) is 3.77. The summed E-state index contributed by atoms with van der Waals surface area (Å²) in [6, 6.07) is 4.87. The molecule has 0 bridgehead atoms. The molecule has 0 aliphatic rings. The van der Waals surface area contributed by atoms with Crippen molar-refractivity contribution in [2.45, 2.75) is 46.3 Å². The maximum Gasteiger partial charge on any atom is 0.0699 e. The molecule has 2 atom stereocenters. The van der Waals surface area contributed by atoms with Gasteiger partial charge in [0.05, 0.1) is 6.10 Å². The number of likely N-dealkylation sites (N-methyl/N-ethyl adjacent to an activating group) is 1. The van der Waals surface area contributed by atoms with E-state index in [0.717, 1.165) is 6.42 Å². The first-order valence-corrected chi connectivity index (χ1v) is 6.26. The van der Waals surface area contributed by atoms with Crippen LogP contribution in [-0.4, -0.2) is 26.3 Å². The van der Waals surface area contributed by atoms with Crippen molar-refractivity contribution in [1.29, 1.82) is 0 Å². The molecule has 0 spiro atoms. The molecule has 1 rings (SSSR count). The van der Waals surface area contributed by atoms with Crippen LogP contribution in [0.4, 0.5) is 0 Å². The summed E-state index contributed by atoms with van der Waals surface area (Å²) in [4.78, 5) is 0. The van der Waals surface area contributed by atoms with Crippen LogP contribution < -0.4 is 5.32 Å². The summed E-state index contributed by atoms with van der Waals surface area (Å²) in [6.07, 6.45) is 1.24. The predicted octanol–water partition coefficient (Wildman–Crippen LogP) is 2.78. The van der Waals surface area contributed by atoms with Crippen LogP contribution in [0.15, 0.2) is 12.1 Å². The zero-order valence-corrected chi connectivity index (χ0v) is 11.9. The first-order valence-electron chi connectivity index (χ1n) is 6.26. The van der Waals surface area contributed by atoms with Crippen LogP contribution in [0.5, 0.6) is 0 Å². The molecule has 2 unspecified atom stereocenters. The van der Waals surface area contributed by atoms with E-state index >= 15 is 0 Å². The Kier molecular flexibility index (Phi) is 5.16. The van der Waals surface area contributed by atoms with Gasteiger partial charge >= 0.3 is 0 Å². The number of hydrogen-bond donors (Lipinski definition) is 1. The second-order valence-corrected chi connectivity index (χ2v) is 4.92. The average molecular weight is 235 g/mol. The second kappa shape index (κ2) is 6.18. The average Bonchev–Trinajstić information content (AvgIpc) is 2.27. The molecule has 1 aromatic carbocycles. The van der Waals surface area contributed by atoms with Crippen molar-refractivity contribution in [3.05, 3.63) is 34.4 Å². The van der Waals surface area contributed by atoms with Gasteiger partial charge in [-0.15, -0.1) is 0 Å². The van der Waals surface area contributed by atoms with E-state index < -0.39 is 0 Å². The van der Waals surface area contributed by atoms with E-state index in [1.165, 1.54) is 22.3 Å². The fourth-order valence-corrected chi connectivity index (χ4v) is 2.42. The molecular weight excluding hydrogens is 210 g/mol. The van der Waals surface area contributed by atoms with Gasteiger partial charge < -0.3 is 10.1 Å². The minimum atomic E-state index is 0.222. The molecule has 0 amide bonds. The van der Waals surface area contributed by atoms with Crippen molar-refractivity contribution in [3.8, 4) is 0 Å². The highest BCUT2D eigenvalue weighted by molar-refractivity contribution is 5.38. The third-order valence-electron chi connectivity index (χ3n) is 3.57. The number of ether oxygens (including phenoxy) is 1. The van der Waals surface area contributed by atoms with Crippen molar-refractivity contribution < 1.29 is 4.74 Å². The highest BCUT2D eigenvalue weighted by Gasteiger charge is 2.17. The molecule has 1 aromatic rings. The fourth-order valence-electron chi connectivity index (χ4n) is 2.42. The summed E-state index contributed by atoms with van der Waals surface area (Å²) in [5.41, 5.74) is 5.54. The van der Waals surface area contributed by atoms with Crippen molar-refractivity contribution >= 4 is 0 Å². The summed E-state index contributed by atoms with van der Waals surface area (Å²) in [5, 5.41) is 3.35. The van der Waals surface area contributed by atoms with Gasteiger partial charge in [-0.05, 0) is 57.9 Å². The van der Waals surface area contributed by atoms with Crippen LogP contribution in [0.25, 0.3) is 0 Å². The maximum atomic E-state index is 5.42. The second-order valence-electron chi connectivity index (χ2n) is 4.92. The van der Waals surface area contributed by atoms with E-state index in [2.05, 4.69) is 45.1 Å². The Morgan fingerprint density at radius 2 is 1.71 bits per heavy atom. The van der Waals surface area contributed by atoms with E-state index in [4.69, 9.17) is 4.74 Å². The molecule has 0 fully saturated rings. The van der Waals surface area contributed by atoms with Crippen LogP contribution in [0.2, 0.25) is 0 Å². The first-order chi connectivity index (χ1) is 7.99. The van der Waals surface area contributed by atoms with E-state index in [9.17, 15) is 0 Å². The SMILES string of the molecule is CNC(Cc1c(C)cc(C)cc1C)C(C)OC. The Hall–Kier alpha value is -0.860. The summed E-state index contributed by atoms with van der Waals surface area (Å²) < 4.78 is 5.42. The van der Waals surface area contributed by atoms with Gasteiger partial charge in [0.2, 0.25) is 0 Å². The highest BCUT2D eigenvalue weighted by Crippen LogP contribution is 2.19. The molecule has 1 N–H and O–H groups in total. The van der Waals surface area contributed by atoms with Crippen LogP contribution in [0, 0.1) is 20.8 Å². The van der Waals surface area contributed by atoms with Crippen LogP contribution >= 0.6 is 0 Å². The zero-order valence-electron chi connectivity index (χ0n) is 11.9. The Balaban J connectivity index is 2.93. The number of rotatable bonds is 5. The predicted molar refractivity (Wildman–Crippen MR) is 73.7 cm³/mol. The lowest BCUT2D eigenvalue weighted by Gasteiger charge is -2.24. The molecule has 0 aliphatic heterocycles. The molecule has 0 saturated heterocycles. The van der Waals surface area contributed by atoms with Gasteiger partial charge in [-0.1, -0.05) is 17.7 Å². The standard InChI is InChI=1S/C15H25NO/c1-10-7-11(2)14(12(3)8-10)9-15(16-5)13(4)17-6/h7-8,13,15-16H,9H2,1-6H3. The molecule has 0 heterocycles. The van der Waals surface area contributed by atoms with Crippen LogP contribution in [-0.2, 0) is 11.2 Å². The molecule has 17 heavy (non-hydrogen) atoms. The number of nitrogens with one attached hydrogen (secondary N) is 1.